The van der Waals surface area contributed by atoms with Crippen molar-refractivity contribution in [2.75, 3.05) is 23.4 Å². The number of esters is 1. The van der Waals surface area contributed by atoms with Crippen molar-refractivity contribution in [1.82, 2.24) is 0 Å². The van der Waals surface area contributed by atoms with Gasteiger partial charge in [-0.15, -0.1) is 0 Å². The van der Waals surface area contributed by atoms with Gasteiger partial charge in [0.05, 0.1) is 5.92 Å². The predicted molar refractivity (Wildman–Crippen MR) is 112 cm³/mol. The molecule has 2 aromatic carbocycles. The van der Waals surface area contributed by atoms with Gasteiger partial charge >= 0.3 is 5.97 Å². The first-order chi connectivity index (χ1) is 14.2. The highest BCUT2D eigenvalue weighted by Gasteiger charge is 2.36. The van der Waals surface area contributed by atoms with E-state index in [1.807, 2.05) is 32.0 Å². The number of carbonyl (C=O) groups excluding carboxylic acids is 4. The molecule has 2 aromatic rings. The third-order valence-electron chi connectivity index (χ3n) is 4.87. The topological polar surface area (TPSA) is 92.8 Å². The van der Waals surface area contributed by atoms with Crippen LogP contribution in [-0.2, 0) is 19.1 Å². The van der Waals surface area contributed by atoms with Gasteiger partial charge in [-0.3, -0.25) is 19.2 Å². The van der Waals surface area contributed by atoms with Gasteiger partial charge in [0.15, 0.2) is 12.4 Å². The molecule has 1 fully saturated rings. The molecule has 0 aliphatic carbocycles. The Labute approximate surface area is 175 Å². The number of ketones is 1. The Morgan fingerprint density at radius 2 is 1.80 bits per heavy atom. The van der Waals surface area contributed by atoms with Gasteiger partial charge in [-0.1, -0.05) is 18.2 Å². The Bertz CT molecular complexity index is 994. The number of ether oxygens (including phenoxy) is 1. The van der Waals surface area contributed by atoms with E-state index in [0.717, 1.165) is 16.8 Å². The van der Waals surface area contributed by atoms with Gasteiger partial charge < -0.3 is 15.0 Å². The number of aryl methyl sites for hydroxylation is 2. The normalized spacial score (nSPS) is 15.8. The second-order valence-corrected chi connectivity index (χ2v) is 7.54. The number of carbonyl (C=O) groups is 4. The van der Waals surface area contributed by atoms with Gasteiger partial charge in [0, 0.05) is 29.9 Å². The maximum atomic E-state index is 12.4. The fourth-order valence-corrected chi connectivity index (χ4v) is 3.49. The number of anilines is 2. The van der Waals surface area contributed by atoms with E-state index >= 15 is 0 Å². The van der Waals surface area contributed by atoms with Crippen molar-refractivity contribution in [2.45, 2.75) is 27.2 Å². The van der Waals surface area contributed by atoms with Gasteiger partial charge in [0.1, 0.15) is 0 Å². The lowest BCUT2D eigenvalue weighted by Gasteiger charge is -2.18. The molecule has 1 heterocycles. The molecule has 7 heteroatoms. The SMILES string of the molecule is CC(=O)c1cccc(NC(=O)COC(=O)[C@@H]2CC(=O)N(c3cc(C)cc(C)c3)C2)c1. The average Bonchev–Trinajstić information content (AvgIpc) is 3.07. The van der Waals surface area contributed by atoms with Crippen LogP contribution in [0.25, 0.3) is 0 Å². The number of benzene rings is 2. The van der Waals surface area contributed by atoms with Crippen LogP contribution in [0.15, 0.2) is 42.5 Å². The highest BCUT2D eigenvalue weighted by atomic mass is 16.5. The first kappa shape index (κ1) is 21.2. The standard InChI is InChI=1S/C23H24N2O5/c1-14-7-15(2)9-20(8-14)25-12-18(11-22(25)28)23(29)30-13-21(27)24-19-6-4-5-17(10-19)16(3)26/h4-10,18H,11-13H2,1-3H3,(H,24,27)/t18-/m1/s1. The van der Waals surface area contributed by atoms with Gasteiger partial charge in [-0.25, -0.2) is 0 Å². The second kappa shape index (κ2) is 8.90. The maximum absolute atomic E-state index is 12.4. The van der Waals surface area contributed by atoms with Crippen LogP contribution in [0.3, 0.4) is 0 Å². The molecule has 0 unspecified atom stereocenters. The summed E-state index contributed by atoms with van der Waals surface area (Å²) >= 11 is 0. The highest BCUT2D eigenvalue weighted by molar-refractivity contribution is 6.00. The summed E-state index contributed by atoms with van der Waals surface area (Å²) in [6.45, 7) is 5.11. The van der Waals surface area contributed by atoms with E-state index in [-0.39, 0.29) is 24.7 Å². The van der Waals surface area contributed by atoms with Crippen LogP contribution in [0.2, 0.25) is 0 Å². The number of rotatable bonds is 6. The van der Waals surface area contributed by atoms with Crippen molar-refractivity contribution in [3.05, 3.63) is 59.2 Å². The van der Waals surface area contributed by atoms with Gasteiger partial charge in [0.25, 0.3) is 5.91 Å². The van der Waals surface area contributed by atoms with E-state index in [1.54, 1.807) is 29.2 Å². The molecule has 0 radical (unpaired) electrons. The summed E-state index contributed by atoms with van der Waals surface area (Å²) in [5, 5.41) is 2.59. The zero-order chi connectivity index (χ0) is 21.8. The number of Topliss-reactive ketones (excluding diaryl/α,β-unsaturated/α-hetero) is 1. The molecule has 0 saturated carbocycles. The largest absolute Gasteiger partial charge is 0.455 e. The first-order valence-electron chi connectivity index (χ1n) is 9.69. The molecule has 0 bridgehead atoms. The van der Waals surface area contributed by atoms with Crippen molar-refractivity contribution >= 4 is 34.9 Å². The summed E-state index contributed by atoms with van der Waals surface area (Å²) in [6, 6.07) is 12.3. The highest BCUT2D eigenvalue weighted by Crippen LogP contribution is 2.27. The molecule has 1 N–H and O–H groups in total. The summed E-state index contributed by atoms with van der Waals surface area (Å²) in [5.41, 5.74) is 3.75. The van der Waals surface area contributed by atoms with Crippen LogP contribution >= 0.6 is 0 Å². The summed E-state index contributed by atoms with van der Waals surface area (Å²) in [6.07, 6.45) is 0.0497. The summed E-state index contributed by atoms with van der Waals surface area (Å²) in [4.78, 5) is 49.9. The fraction of sp³-hybridized carbons (Fsp3) is 0.304. The van der Waals surface area contributed by atoms with E-state index in [2.05, 4.69) is 5.32 Å². The Morgan fingerprint density at radius 1 is 1.10 bits per heavy atom. The zero-order valence-electron chi connectivity index (χ0n) is 17.2. The smallest absolute Gasteiger partial charge is 0.311 e. The Kier molecular flexibility index (Phi) is 6.30. The van der Waals surface area contributed by atoms with Crippen molar-refractivity contribution in [3.63, 3.8) is 0 Å². The molecular formula is C23H24N2O5. The van der Waals surface area contributed by atoms with Crippen LogP contribution in [0.1, 0.15) is 34.8 Å². The Morgan fingerprint density at radius 3 is 2.47 bits per heavy atom. The van der Waals surface area contributed by atoms with Crippen molar-refractivity contribution in [2.24, 2.45) is 5.92 Å². The lowest BCUT2D eigenvalue weighted by Crippen LogP contribution is -2.28. The Balaban J connectivity index is 1.55. The number of hydrogen-bond donors (Lipinski definition) is 1. The summed E-state index contributed by atoms with van der Waals surface area (Å²) < 4.78 is 5.12. The first-order valence-corrected chi connectivity index (χ1v) is 9.69. The number of nitrogens with one attached hydrogen (secondary N) is 1. The number of amides is 2. The van der Waals surface area contributed by atoms with Gasteiger partial charge in [-0.2, -0.15) is 0 Å². The summed E-state index contributed by atoms with van der Waals surface area (Å²) in [7, 11) is 0. The lowest BCUT2D eigenvalue weighted by molar-refractivity contribution is -0.151. The van der Waals surface area contributed by atoms with Crippen LogP contribution < -0.4 is 10.2 Å². The fourth-order valence-electron chi connectivity index (χ4n) is 3.49. The molecule has 1 aliphatic rings. The van der Waals surface area contributed by atoms with Crippen molar-refractivity contribution in [3.8, 4) is 0 Å². The zero-order valence-corrected chi connectivity index (χ0v) is 17.2. The third-order valence-corrected chi connectivity index (χ3v) is 4.87. The second-order valence-electron chi connectivity index (χ2n) is 7.54. The average molecular weight is 408 g/mol. The van der Waals surface area contributed by atoms with Gasteiger partial charge in [0.2, 0.25) is 5.91 Å². The predicted octanol–water partition coefficient (Wildman–Crippen LogP) is 3.04. The molecule has 2 amide bonds. The van der Waals surface area contributed by atoms with E-state index < -0.39 is 24.4 Å². The third kappa shape index (κ3) is 5.11. The molecule has 156 valence electrons. The number of hydrogen-bond acceptors (Lipinski definition) is 5. The minimum absolute atomic E-state index is 0.0497. The van der Waals surface area contributed by atoms with Crippen LogP contribution in [0, 0.1) is 19.8 Å². The maximum Gasteiger partial charge on any atom is 0.311 e. The molecule has 1 aliphatic heterocycles. The molecule has 30 heavy (non-hydrogen) atoms. The van der Waals surface area contributed by atoms with Crippen molar-refractivity contribution < 1.29 is 23.9 Å². The van der Waals surface area contributed by atoms with Crippen LogP contribution in [0.4, 0.5) is 11.4 Å². The molecule has 0 aromatic heterocycles. The minimum Gasteiger partial charge on any atom is -0.455 e. The van der Waals surface area contributed by atoms with E-state index in [1.165, 1.54) is 6.92 Å². The summed E-state index contributed by atoms with van der Waals surface area (Å²) in [5.74, 6) is -1.97. The number of nitrogens with zero attached hydrogens (tertiary/aromatic N) is 1. The van der Waals surface area contributed by atoms with E-state index in [9.17, 15) is 19.2 Å². The quantitative estimate of drug-likeness (QED) is 0.586. The molecule has 1 saturated heterocycles. The monoisotopic (exact) mass is 408 g/mol. The van der Waals surface area contributed by atoms with Gasteiger partial charge in [-0.05, 0) is 56.2 Å². The van der Waals surface area contributed by atoms with E-state index in [4.69, 9.17) is 4.74 Å². The van der Waals surface area contributed by atoms with Crippen LogP contribution in [0.5, 0.6) is 0 Å². The molecule has 7 nitrogen and oxygen atoms in total. The molecular weight excluding hydrogens is 384 g/mol. The molecule has 0 spiro atoms. The molecule has 1 atom stereocenters. The Hall–Kier alpha value is -3.48. The van der Waals surface area contributed by atoms with Crippen molar-refractivity contribution in [1.29, 1.82) is 0 Å². The van der Waals surface area contributed by atoms with Crippen LogP contribution in [-0.4, -0.2) is 36.7 Å². The molecule has 3 rings (SSSR count). The van der Waals surface area contributed by atoms with E-state index in [0.29, 0.717) is 11.3 Å². The minimum atomic E-state index is -0.618. The lowest BCUT2D eigenvalue weighted by atomic mass is 10.1.